The van der Waals surface area contributed by atoms with E-state index in [1.807, 2.05) is 19.9 Å². The lowest BCUT2D eigenvalue weighted by atomic mass is 10.1. The molecule has 2 N–H and O–H groups in total. The van der Waals surface area contributed by atoms with E-state index in [2.05, 4.69) is 20.2 Å². The molecule has 1 aliphatic heterocycles. The van der Waals surface area contributed by atoms with Gasteiger partial charge in [-0.25, -0.2) is 13.1 Å². The molecule has 0 spiro atoms. The van der Waals surface area contributed by atoms with Crippen LogP contribution in [0.3, 0.4) is 0 Å². The summed E-state index contributed by atoms with van der Waals surface area (Å²) in [6, 6.07) is 8.54. The van der Waals surface area contributed by atoms with Crippen molar-refractivity contribution in [2.24, 2.45) is 0 Å². The molecule has 31 heavy (non-hydrogen) atoms. The fourth-order valence-corrected chi connectivity index (χ4v) is 5.10. The van der Waals surface area contributed by atoms with Crippen molar-refractivity contribution in [1.82, 2.24) is 14.9 Å². The Morgan fingerprint density at radius 1 is 1.03 bits per heavy atom. The predicted octanol–water partition coefficient (Wildman–Crippen LogP) is 2.92. The molecule has 0 saturated heterocycles. The summed E-state index contributed by atoms with van der Waals surface area (Å²) in [4.78, 5) is 12.7. The Morgan fingerprint density at radius 3 is 2.58 bits per heavy atom. The SMILES string of the molecule is Cc1cc(C)c(S(=O)(=O)NCc2nnc(C(=O)Nc3ccc4c(c3)OCO4)s2)cc1C. The van der Waals surface area contributed by atoms with Crippen molar-refractivity contribution in [1.29, 1.82) is 0 Å². The van der Waals surface area contributed by atoms with Crippen LogP contribution in [0.5, 0.6) is 11.5 Å². The molecule has 162 valence electrons. The van der Waals surface area contributed by atoms with Crippen LogP contribution in [-0.2, 0) is 16.6 Å². The number of fused-ring (bicyclic) bond motifs is 1. The van der Waals surface area contributed by atoms with E-state index < -0.39 is 15.9 Å². The number of nitrogens with zero attached hydrogens (tertiary/aromatic N) is 2. The standard InChI is InChI=1S/C20H20N4O5S2/c1-11-6-13(3)17(7-12(11)2)31(26,27)21-9-18-23-24-20(30-18)19(25)22-14-4-5-15-16(8-14)29-10-28-15/h4-8,21H,9-10H2,1-3H3,(H,22,25). The molecule has 1 aromatic heterocycles. The zero-order chi connectivity index (χ0) is 22.2. The zero-order valence-corrected chi connectivity index (χ0v) is 18.7. The van der Waals surface area contributed by atoms with Crippen molar-refractivity contribution in [3.8, 4) is 11.5 Å². The van der Waals surface area contributed by atoms with Gasteiger partial charge < -0.3 is 14.8 Å². The number of benzene rings is 2. The van der Waals surface area contributed by atoms with Gasteiger partial charge in [0, 0.05) is 11.8 Å². The molecule has 1 aliphatic rings. The summed E-state index contributed by atoms with van der Waals surface area (Å²) < 4.78 is 38.5. The molecule has 3 aromatic rings. The number of aromatic nitrogens is 2. The molecule has 0 aliphatic carbocycles. The largest absolute Gasteiger partial charge is 0.454 e. The second-order valence-corrected chi connectivity index (χ2v) is 9.85. The zero-order valence-electron chi connectivity index (χ0n) is 17.1. The topological polar surface area (TPSA) is 120 Å². The quantitative estimate of drug-likeness (QED) is 0.580. The second-order valence-electron chi connectivity index (χ2n) is 7.05. The van der Waals surface area contributed by atoms with Crippen LogP contribution in [0.25, 0.3) is 0 Å². The first kappa shape index (κ1) is 21.2. The smallest absolute Gasteiger partial charge is 0.286 e. The van der Waals surface area contributed by atoms with Crippen molar-refractivity contribution in [3.05, 3.63) is 57.0 Å². The maximum Gasteiger partial charge on any atom is 0.286 e. The average Bonchev–Trinajstić information content (AvgIpc) is 3.38. The van der Waals surface area contributed by atoms with E-state index in [0.717, 1.165) is 22.5 Å². The summed E-state index contributed by atoms with van der Waals surface area (Å²) in [5.74, 6) is 0.713. The predicted molar refractivity (Wildman–Crippen MR) is 115 cm³/mol. The first-order valence-corrected chi connectivity index (χ1v) is 11.6. The molecule has 1 amide bonds. The molecule has 0 bridgehead atoms. The molecule has 0 unspecified atom stereocenters. The minimum atomic E-state index is -3.73. The third-order valence-electron chi connectivity index (χ3n) is 4.79. The van der Waals surface area contributed by atoms with E-state index in [1.165, 1.54) is 0 Å². The van der Waals surface area contributed by atoms with Gasteiger partial charge in [0.25, 0.3) is 5.91 Å². The molecule has 2 heterocycles. The van der Waals surface area contributed by atoms with Gasteiger partial charge in [0.2, 0.25) is 21.8 Å². The van der Waals surface area contributed by atoms with Gasteiger partial charge in [0.1, 0.15) is 5.01 Å². The number of carbonyl (C=O) groups is 1. The molecule has 11 heteroatoms. The fourth-order valence-electron chi connectivity index (χ4n) is 3.03. The van der Waals surface area contributed by atoms with Gasteiger partial charge in [-0.05, 0) is 55.7 Å². The van der Waals surface area contributed by atoms with E-state index >= 15 is 0 Å². The Labute approximate surface area is 183 Å². The molecule has 0 fully saturated rings. The van der Waals surface area contributed by atoms with E-state index in [-0.39, 0.29) is 23.2 Å². The number of ether oxygens (including phenoxy) is 2. The first-order valence-electron chi connectivity index (χ1n) is 9.34. The molecular weight excluding hydrogens is 440 g/mol. The Morgan fingerprint density at radius 2 is 1.77 bits per heavy atom. The lowest BCUT2D eigenvalue weighted by Crippen LogP contribution is -2.24. The number of aryl methyl sites for hydroxylation is 3. The van der Waals surface area contributed by atoms with Gasteiger partial charge in [-0.2, -0.15) is 0 Å². The molecule has 0 saturated carbocycles. The Kier molecular flexibility index (Phi) is 5.65. The van der Waals surface area contributed by atoms with Crippen LogP contribution in [-0.4, -0.2) is 31.3 Å². The third kappa shape index (κ3) is 4.53. The highest BCUT2D eigenvalue weighted by Crippen LogP contribution is 2.34. The number of sulfonamides is 1. The summed E-state index contributed by atoms with van der Waals surface area (Å²) in [7, 11) is -3.73. The summed E-state index contributed by atoms with van der Waals surface area (Å²) >= 11 is 1.01. The molecule has 9 nitrogen and oxygen atoms in total. The van der Waals surface area contributed by atoms with E-state index in [4.69, 9.17) is 9.47 Å². The van der Waals surface area contributed by atoms with Gasteiger partial charge in [-0.1, -0.05) is 17.4 Å². The summed E-state index contributed by atoms with van der Waals surface area (Å²) in [6.45, 7) is 5.63. The summed E-state index contributed by atoms with van der Waals surface area (Å²) in [6.07, 6.45) is 0. The third-order valence-corrected chi connectivity index (χ3v) is 7.25. The maximum absolute atomic E-state index is 12.7. The molecule has 2 aromatic carbocycles. The fraction of sp³-hybridized carbons (Fsp3) is 0.250. The number of amides is 1. The summed E-state index contributed by atoms with van der Waals surface area (Å²) in [5.41, 5.74) is 3.11. The number of hydrogen-bond donors (Lipinski definition) is 2. The van der Waals surface area contributed by atoms with Gasteiger partial charge in [0.05, 0.1) is 11.4 Å². The van der Waals surface area contributed by atoms with Crippen molar-refractivity contribution in [2.45, 2.75) is 32.2 Å². The lowest BCUT2D eigenvalue weighted by molar-refractivity contribution is 0.102. The van der Waals surface area contributed by atoms with Crippen molar-refractivity contribution in [2.75, 3.05) is 12.1 Å². The van der Waals surface area contributed by atoms with E-state index in [9.17, 15) is 13.2 Å². The van der Waals surface area contributed by atoms with Gasteiger partial charge >= 0.3 is 0 Å². The number of nitrogens with one attached hydrogen (secondary N) is 2. The van der Waals surface area contributed by atoms with E-state index in [1.54, 1.807) is 31.2 Å². The molecule has 0 radical (unpaired) electrons. The first-order chi connectivity index (χ1) is 14.7. The Balaban J connectivity index is 1.42. The lowest BCUT2D eigenvalue weighted by Gasteiger charge is -2.11. The number of rotatable bonds is 6. The molecule has 0 atom stereocenters. The Bertz CT molecular complexity index is 1270. The second kappa shape index (κ2) is 8.25. The average molecular weight is 461 g/mol. The molecular formula is C20H20N4O5S2. The van der Waals surface area contributed by atoms with Crippen molar-refractivity contribution in [3.63, 3.8) is 0 Å². The number of hydrogen-bond acceptors (Lipinski definition) is 8. The summed E-state index contributed by atoms with van der Waals surface area (Å²) in [5, 5.41) is 11.0. The maximum atomic E-state index is 12.7. The highest BCUT2D eigenvalue weighted by molar-refractivity contribution is 7.89. The van der Waals surface area contributed by atoms with Crippen LogP contribution < -0.4 is 19.5 Å². The Hall–Kier alpha value is -3.02. The highest BCUT2D eigenvalue weighted by Gasteiger charge is 2.20. The van der Waals surface area contributed by atoms with Gasteiger partial charge in [-0.15, -0.1) is 10.2 Å². The van der Waals surface area contributed by atoms with Crippen LogP contribution >= 0.6 is 11.3 Å². The van der Waals surface area contributed by atoms with Crippen molar-refractivity contribution >= 4 is 33.0 Å². The monoisotopic (exact) mass is 460 g/mol. The van der Waals surface area contributed by atoms with Crippen LogP contribution in [0.2, 0.25) is 0 Å². The minimum absolute atomic E-state index is 0.0658. The van der Waals surface area contributed by atoms with Crippen LogP contribution in [0.4, 0.5) is 5.69 Å². The van der Waals surface area contributed by atoms with Crippen LogP contribution in [0.1, 0.15) is 31.5 Å². The highest BCUT2D eigenvalue weighted by atomic mass is 32.2. The van der Waals surface area contributed by atoms with Crippen LogP contribution in [0, 0.1) is 20.8 Å². The molecule has 4 rings (SSSR count). The van der Waals surface area contributed by atoms with Gasteiger partial charge in [0.15, 0.2) is 11.5 Å². The number of anilines is 1. The minimum Gasteiger partial charge on any atom is -0.454 e. The van der Waals surface area contributed by atoms with Crippen molar-refractivity contribution < 1.29 is 22.7 Å². The normalized spacial score (nSPS) is 12.7. The van der Waals surface area contributed by atoms with Gasteiger partial charge in [-0.3, -0.25) is 4.79 Å². The van der Waals surface area contributed by atoms with E-state index in [0.29, 0.717) is 27.8 Å². The van der Waals surface area contributed by atoms with Crippen LogP contribution in [0.15, 0.2) is 35.2 Å². The number of carbonyl (C=O) groups excluding carboxylic acids is 1.